The average Bonchev–Trinajstić information content (AvgIpc) is 2.66. The second-order valence-corrected chi connectivity index (χ2v) is 6.97. The van der Waals surface area contributed by atoms with E-state index >= 15 is 0 Å². The second-order valence-electron chi connectivity index (χ2n) is 6.97. The number of halogens is 3. The Labute approximate surface area is 200 Å². The number of hydrogen-bond acceptors (Lipinski definition) is 4. The Balaban J connectivity index is 0.00000182. The summed E-state index contributed by atoms with van der Waals surface area (Å²) in [6, 6.07) is 7.96. The van der Waals surface area contributed by atoms with Crippen LogP contribution >= 0.6 is 37.2 Å². The van der Waals surface area contributed by atoms with Crippen LogP contribution in [0.1, 0.15) is 24.5 Å². The molecule has 8 heteroatoms. The van der Waals surface area contributed by atoms with Crippen LogP contribution in [0.2, 0.25) is 0 Å². The van der Waals surface area contributed by atoms with E-state index in [4.69, 9.17) is 4.74 Å². The third-order valence-corrected chi connectivity index (χ3v) is 5.82. The van der Waals surface area contributed by atoms with E-state index in [-0.39, 0.29) is 65.0 Å². The molecule has 3 aliphatic heterocycles. The van der Waals surface area contributed by atoms with Crippen LogP contribution in [-0.2, 0) is 21.7 Å². The predicted molar refractivity (Wildman–Crippen MR) is 117 cm³/mol. The molecule has 0 amide bonds. The molecule has 1 aromatic carbocycles. The summed E-state index contributed by atoms with van der Waals surface area (Å²) in [7, 11) is 1.66. The van der Waals surface area contributed by atoms with Gasteiger partial charge < -0.3 is 9.84 Å². The van der Waals surface area contributed by atoms with Crippen molar-refractivity contribution in [3.05, 3.63) is 48.7 Å². The summed E-state index contributed by atoms with van der Waals surface area (Å²) in [5.74, 6) is 2.01. The Hall–Kier alpha value is -0.326. The van der Waals surface area contributed by atoms with Gasteiger partial charge in [-0.3, -0.25) is 9.88 Å². The fourth-order valence-electron chi connectivity index (χ4n) is 4.44. The number of piperidine rings is 3. The molecule has 3 saturated heterocycles. The van der Waals surface area contributed by atoms with Crippen molar-refractivity contribution in [3.8, 4) is 5.75 Å². The van der Waals surface area contributed by atoms with Crippen molar-refractivity contribution in [1.82, 2.24) is 9.88 Å². The molecule has 4 nitrogen and oxygen atoms in total. The molecule has 1 aromatic heterocycles. The first-order chi connectivity index (χ1) is 11.7. The molecule has 5 atom stereocenters. The Bertz CT molecular complexity index is 780. The summed E-state index contributed by atoms with van der Waals surface area (Å²) in [5, 5.41) is 12.1. The van der Waals surface area contributed by atoms with Gasteiger partial charge >= 0.3 is 0 Å². The van der Waals surface area contributed by atoms with Crippen molar-refractivity contribution in [2.45, 2.75) is 25.0 Å². The molecule has 5 rings (SSSR count). The van der Waals surface area contributed by atoms with E-state index in [1.165, 1.54) is 6.42 Å². The maximum atomic E-state index is 11.2. The summed E-state index contributed by atoms with van der Waals surface area (Å²) in [6.45, 7) is 6.07. The number of pyridine rings is 1. The van der Waals surface area contributed by atoms with Gasteiger partial charge in [-0.1, -0.05) is 6.08 Å². The maximum absolute atomic E-state index is 11.2. The smallest absolute Gasteiger partial charge is 0.119 e. The van der Waals surface area contributed by atoms with Gasteiger partial charge in [-0.25, -0.2) is 0 Å². The number of hydrogen-bond donors (Lipinski definition) is 1. The fourth-order valence-corrected chi connectivity index (χ4v) is 4.44. The van der Waals surface area contributed by atoms with Gasteiger partial charge in [0.05, 0.1) is 18.7 Å². The molecule has 0 saturated carbocycles. The Kier molecular flexibility index (Phi) is 11.6. The molecule has 0 radical (unpaired) electrons. The van der Waals surface area contributed by atoms with Crippen LogP contribution < -0.4 is 4.74 Å². The van der Waals surface area contributed by atoms with Crippen LogP contribution in [0.5, 0.6) is 5.75 Å². The summed E-state index contributed by atoms with van der Waals surface area (Å²) in [6.07, 6.45) is 5.62. The first kappa shape index (κ1) is 27.7. The first-order valence-corrected chi connectivity index (χ1v) is 8.68. The standard InChI is InChI=1S/C20H24N2O2.3ClH.Ti/c1-3-13-12-22-9-7-14(13)10-19(22)20(23)16-6-8-21-18-5-4-15(24-2)11-17(16)18;;;;/h3-6,8,11,13-14,19-20,23H,1,7,9-10,12H2,2H3;3*1H;. The molecule has 0 aliphatic carbocycles. The number of aromatic nitrogens is 1. The van der Waals surface area contributed by atoms with E-state index < -0.39 is 6.10 Å². The molecule has 3 aliphatic rings. The Morgan fingerprint density at radius 1 is 1.29 bits per heavy atom. The van der Waals surface area contributed by atoms with E-state index in [1.807, 2.05) is 24.3 Å². The monoisotopic (exact) mass is 480 g/mol. The largest absolute Gasteiger partial charge is 0.497 e. The van der Waals surface area contributed by atoms with Crippen LogP contribution in [-0.4, -0.2) is 41.2 Å². The molecule has 5 unspecified atom stereocenters. The van der Waals surface area contributed by atoms with E-state index in [9.17, 15) is 5.11 Å². The molecular weight excluding hydrogens is 454 g/mol. The van der Waals surface area contributed by atoms with Crippen LogP contribution in [0, 0.1) is 11.8 Å². The number of aliphatic hydroxyl groups is 1. The van der Waals surface area contributed by atoms with Crippen molar-refractivity contribution in [3.63, 3.8) is 0 Å². The van der Waals surface area contributed by atoms with Crippen molar-refractivity contribution in [2.75, 3.05) is 20.2 Å². The van der Waals surface area contributed by atoms with Gasteiger partial charge in [0, 0.05) is 45.9 Å². The van der Waals surface area contributed by atoms with Gasteiger partial charge in [0.2, 0.25) is 0 Å². The maximum Gasteiger partial charge on any atom is 0.119 e. The minimum Gasteiger partial charge on any atom is -0.497 e. The van der Waals surface area contributed by atoms with Gasteiger partial charge in [0.1, 0.15) is 5.75 Å². The second kappa shape index (κ2) is 11.8. The quantitative estimate of drug-likeness (QED) is 0.518. The van der Waals surface area contributed by atoms with Crippen molar-refractivity contribution in [2.24, 2.45) is 11.8 Å². The van der Waals surface area contributed by atoms with Crippen molar-refractivity contribution in [1.29, 1.82) is 0 Å². The fraction of sp³-hybridized carbons (Fsp3) is 0.450. The molecule has 154 valence electrons. The van der Waals surface area contributed by atoms with Crippen molar-refractivity contribution < 1.29 is 31.6 Å². The molecular formula is C20H27Cl3N2O2Ti. The van der Waals surface area contributed by atoms with Crippen LogP contribution in [0.3, 0.4) is 0 Å². The number of methoxy groups -OCH3 is 1. The first-order valence-electron chi connectivity index (χ1n) is 8.68. The van der Waals surface area contributed by atoms with Gasteiger partial charge in [-0.05, 0) is 61.1 Å². The van der Waals surface area contributed by atoms with E-state index in [0.717, 1.165) is 41.7 Å². The van der Waals surface area contributed by atoms with E-state index in [0.29, 0.717) is 11.8 Å². The van der Waals surface area contributed by atoms with E-state index in [2.05, 4.69) is 22.5 Å². The topological polar surface area (TPSA) is 45.6 Å². The minimum absolute atomic E-state index is 0. The third-order valence-electron chi connectivity index (χ3n) is 5.82. The van der Waals surface area contributed by atoms with Gasteiger partial charge in [-0.15, -0.1) is 43.8 Å². The van der Waals surface area contributed by atoms with Crippen LogP contribution in [0.25, 0.3) is 10.9 Å². The normalized spacial score (nSPS) is 25.9. The average molecular weight is 482 g/mol. The number of aliphatic hydroxyl groups excluding tert-OH is 1. The van der Waals surface area contributed by atoms with Crippen LogP contribution in [0.15, 0.2) is 43.1 Å². The number of benzene rings is 1. The molecule has 0 spiro atoms. The Morgan fingerprint density at radius 2 is 2.04 bits per heavy atom. The zero-order valence-corrected chi connectivity index (χ0v) is 19.8. The zero-order chi connectivity index (χ0) is 16.7. The SMILES string of the molecule is C=CC1CN2CCC1CC2C(O)c1ccnc2ccc(OC)cc12.Cl.Cl.Cl.[Ti]. The molecule has 1 N–H and O–H groups in total. The zero-order valence-electron chi connectivity index (χ0n) is 15.8. The molecule has 3 fully saturated rings. The summed E-state index contributed by atoms with van der Waals surface area (Å²) >= 11 is 0. The molecule has 4 heterocycles. The number of nitrogens with zero attached hydrogens (tertiary/aromatic N) is 2. The van der Waals surface area contributed by atoms with Gasteiger partial charge in [0.15, 0.2) is 0 Å². The number of rotatable bonds is 4. The Morgan fingerprint density at radius 3 is 2.64 bits per heavy atom. The van der Waals surface area contributed by atoms with E-state index in [1.54, 1.807) is 13.3 Å². The van der Waals surface area contributed by atoms with Gasteiger partial charge in [-0.2, -0.15) is 0 Å². The summed E-state index contributed by atoms with van der Waals surface area (Å²) < 4.78 is 5.35. The number of fused-ring (bicyclic) bond motifs is 4. The number of ether oxygens (including phenoxy) is 1. The minimum atomic E-state index is -0.504. The molecule has 2 bridgehead atoms. The molecule has 28 heavy (non-hydrogen) atoms. The van der Waals surface area contributed by atoms with Gasteiger partial charge in [0.25, 0.3) is 0 Å². The summed E-state index contributed by atoms with van der Waals surface area (Å²) in [5.41, 5.74) is 1.85. The third kappa shape index (κ3) is 5.04. The predicted octanol–water partition coefficient (Wildman–Crippen LogP) is 4.44. The van der Waals surface area contributed by atoms with Crippen LogP contribution in [0.4, 0.5) is 0 Å². The summed E-state index contributed by atoms with van der Waals surface area (Å²) in [4.78, 5) is 6.86. The van der Waals surface area contributed by atoms with Crippen molar-refractivity contribution >= 4 is 48.1 Å². The molecule has 2 aromatic rings.